The summed E-state index contributed by atoms with van der Waals surface area (Å²) >= 11 is 0. The molecule has 0 aromatic carbocycles. The molecule has 0 amide bonds. The highest BCUT2D eigenvalue weighted by molar-refractivity contribution is 7.90. The van der Waals surface area contributed by atoms with Gasteiger partial charge >= 0.3 is 5.71 Å². The Balaban J connectivity index is 2.21. The van der Waals surface area contributed by atoms with E-state index in [2.05, 4.69) is 11.7 Å². The van der Waals surface area contributed by atoms with Crippen LogP contribution in [0.3, 0.4) is 0 Å². The van der Waals surface area contributed by atoms with Crippen molar-refractivity contribution in [3.63, 3.8) is 0 Å². The number of nitrogens with zero attached hydrogens (tertiary/aromatic N) is 2. The van der Waals surface area contributed by atoms with E-state index in [4.69, 9.17) is 9.71 Å². The molecule has 0 heterocycles. The SMILES string of the molecule is CCCCC(CC)COS(=O)(=O)C1=CC(=[N+]=[N-])C(=O)C2CCCCC12. The summed E-state index contributed by atoms with van der Waals surface area (Å²) in [6.45, 7) is 4.29. The van der Waals surface area contributed by atoms with E-state index in [0.717, 1.165) is 38.5 Å². The van der Waals surface area contributed by atoms with Gasteiger partial charge in [-0.25, -0.2) is 0 Å². The third kappa shape index (κ3) is 4.66. The Bertz CT molecular complexity index is 677. The van der Waals surface area contributed by atoms with Crippen molar-refractivity contribution in [1.29, 1.82) is 0 Å². The lowest BCUT2D eigenvalue weighted by Gasteiger charge is -2.32. The lowest BCUT2D eigenvalue weighted by molar-refractivity contribution is -0.123. The molecule has 0 spiro atoms. The first kappa shape index (κ1) is 20.0. The zero-order chi connectivity index (χ0) is 18.4. The number of carbonyl (C=O) groups is 1. The van der Waals surface area contributed by atoms with E-state index < -0.39 is 16.0 Å². The number of ketones is 1. The van der Waals surface area contributed by atoms with Crippen LogP contribution >= 0.6 is 0 Å². The number of carbonyl (C=O) groups excluding carboxylic acids is 1. The largest absolute Gasteiger partial charge is 0.361 e. The normalized spacial score (nSPS) is 25.1. The van der Waals surface area contributed by atoms with Gasteiger partial charge in [0.05, 0.1) is 11.5 Å². The maximum Gasteiger partial charge on any atom is 0.359 e. The molecule has 140 valence electrons. The van der Waals surface area contributed by atoms with Crippen LogP contribution in [0.5, 0.6) is 0 Å². The molecule has 2 rings (SSSR count). The van der Waals surface area contributed by atoms with Crippen molar-refractivity contribution >= 4 is 21.6 Å². The van der Waals surface area contributed by atoms with Crippen LogP contribution in [-0.2, 0) is 19.1 Å². The molecule has 0 bridgehead atoms. The Morgan fingerprint density at radius 3 is 2.56 bits per heavy atom. The number of rotatable bonds is 8. The minimum absolute atomic E-state index is 0.106. The van der Waals surface area contributed by atoms with Gasteiger partial charge in [-0.2, -0.15) is 13.2 Å². The van der Waals surface area contributed by atoms with Crippen molar-refractivity contribution < 1.29 is 22.2 Å². The van der Waals surface area contributed by atoms with E-state index in [1.165, 1.54) is 6.08 Å². The molecular weight excluding hydrogens is 340 g/mol. The molecule has 0 aromatic rings. The van der Waals surface area contributed by atoms with Gasteiger partial charge in [-0.3, -0.25) is 8.98 Å². The molecule has 1 fully saturated rings. The molecule has 6 nitrogen and oxygen atoms in total. The predicted octanol–water partition coefficient (Wildman–Crippen LogP) is 3.49. The van der Waals surface area contributed by atoms with Crippen molar-refractivity contribution in [2.24, 2.45) is 17.8 Å². The predicted molar refractivity (Wildman–Crippen MR) is 95.3 cm³/mol. The van der Waals surface area contributed by atoms with Gasteiger partial charge in [0, 0.05) is 17.9 Å². The number of unbranched alkanes of at least 4 members (excludes halogenated alkanes) is 1. The van der Waals surface area contributed by atoms with Gasteiger partial charge in [-0.15, -0.1) is 0 Å². The monoisotopic (exact) mass is 368 g/mol. The Labute approximate surface area is 150 Å². The topological polar surface area (TPSA) is 96.8 Å². The fourth-order valence-electron chi connectivity index (χ4n) is 3.78. The number of Topliss-reactive ketones (excluding diaryl/α,β-unsaturated/α-hetero) is 1. The summed E-state index contributed by atoms with van der Waals surface area (Å²) in [5.74, 6) is -0.832. The summed E-state index contributed by atoms with van der Waals surface area (Å²) in [4.78, 5) is 15.4. The second-order valence-corrected chi connectivity index (χ2v) is 8.66. The first-order valence-corrected chi connectivity index (χ1v) is 10.7. The van der Waals surface area contributed by atoms with E-state index in [1.807, 2.05) is 6.92 Å². The molecule has 0 N–H and O–H groups in total. The molecule has 0 aliphatic heterocycles. The van der Waals surface area contributed by atoms with Gasteiger partial charge in [0.25, 0.3) is 10.1 Å². The van der Waals surface area contributed by atoms with E-state index in [1.54, 1.807) is 0 Å². The fourth-order valence-corrected chi connectivity index (χ4v) is 5.19. The molecule has 1 saturated carbocycles. The maximum absolute atomic E-state index is 12.8. The standard InChI is InChI=1S/C18H28N2O4S/c1-3-5-8-13(4-2)12-24-25(22,23)17-11-16(20-19)18(21)15-10-7-6-9-14(15)17/h11,13-15H,3-10,12H2,1-2H3. The zero-order valence-electron chi connectivity index (χ0n) is 15.1. The summed E-state index contributed by atoms with van der Waals surface area (Å²) in [6.07, 6.45) is 8.17. The Morgan fingerprint density at radius 2 is 1.96 bits per heavy atom. The molecule has 0 radical (unpaired) electrons. The molecule has 25 heavy (non-hydrogen) atoms. The van der Waals surface area contributed by atoms with E-state index >= 15 is 0 Å². The van der Waals surface area contributed by atoms with E-state index in [-0.39, 0.29) is 34.8 Å². The fraction of sp³-hybridized carbons (Fsp3) is 0.778. The average molecular weight is 368 g/mol. The van der Waals surface area contributed by atoms with Gasteiger partial charge in [-0.05, 0) is 25.2 Å². The van der Waals surface area contributed by atoms with Crippen LogP contribution in [0.1, 0.15) is 65.2 Å². The summed E-state index contributed by atoms with van der Waals surface area (Å²) in [7, 11) is -3.93. The van der Waals surface area contributed by atoms with Gasteiger partial charge in [0.15, 0.2) is 0 Å². The molecule has 7 heteroatoms. The van der Waals surface area contributed by atoms with Gasteiger partial charge in [0.2, 0.25) is 5.78 Å². The molecule has 2 aliphatic rings. The second-order valence-electron chi connectivity index (χ2n) is 7.05. The summed E-state index contributed by atoms with van der Waals surface area (Å²) in [5.41, 5.74) is 8.90. The third-order valence-corrected chi connectivity index (χ3v) is 6.84. The molecule has 2 aliphatic carbocycles. The second kappa shape index (κ2) is 8.88. The summed E-state index contributed by atoms with van der Waals surface area (Å²) in [5, 5.41) is 0. The quantitative estimate of drug-likeness (QED) is 0.372. The molecular formula is C18H28N2O4S. The zero-order valence-corrected chi connectivity index (χ0v) is 15.9. The van der Waals surface area contributed by atoms with E-state index in [0.29, 0.717) is 12.8 Å². The van der Waals surface area contributed by atoms with Gasteiger partial charge in [0.1, 0.15) is 0 Å². The minimum Gasteiger partial charge on any atom is -0.361 e. The highest BCUT2D eigenvalue weighted by Crippen LogP contribution is 2.41. The lowest BCUT2D eigenvalue weighted by Crippen LogP contribution is -2.39. The summed E-state index contributed by atoms with van der Waals surface area (Å²) < 4.78 is 30.9. The van der Waals surface area contributed by atoms with Crippen LogP contribution in [-0.4, -0.2) is 31.3 Å². The van der Waals surface area contributed by atoms with Crippen molar-refractivity contribution in [3.8, 4) is 0 Å². The van der Waals surface area contributed by atoms with Crippen LogP contribution in [0, 0.1) is 17.8 Å². The Hall–Kier alpha value is -1.30. The Morgan fingerprint density at radius 1 is 1.28 bits per heavy atom. The Kier molecular flexibility index (Phi) is 7.11. The van der Waals surface area contributed by atoms with Crippen LogP contribution in [0.2, 0.25) is 0 Å². The number of allylic oxidation sites excluding steroid dienone is 2. The van der Waals surface area contributed by atoms with Gasteiger partial charge in [-0.1, -0.05) is 46.0 Å². The molecule has 3 unspecified atom stereocenters. The number of hydrogen-bond acceptors (Lipinski definition) is 4. The highest BCUT2D eigenvalue weighted by atomic mass is 32.2. The first-order valence-electron chi connectivity index (χ1n) is 9.31. The number of hydrogen-bond donors (Lipinski definition) is 0. The third-order valence-electron chi connectivity index (χ3n) is 5.40. The van der Waals surface area contributed by atoms with E-state index in [9.17, 15) is 13.2 Å². The molecule has 0 saturated heterocycles. The van der Waals surface area contributed by atoms with Crippen molar-refractivity contribution in [2.45, 2.75) is 65.2 Å². The van der Waals surface area contributed by atoms with Crippen LogP contribution in [0.25, 0.3) is 5.53 Å². The van der Waals surface area contributed by atoms with Crippen molar-refractivity contribution in [2.75, 3.05) is 6.61 Å². The molecule has 3 atom stereocenters. The molecule has 0 aromatic heterocycles. The van der Waals surface area contributed by atoms with Crippen LogP contribution in [0.4, 0.5) is 0 Å². The van der Waals surface area contributed by atoms with Gasteiger partial charge < -0.3 is 5.53 Å². The minimum atomic E-state index is -3.93. The first-order chi connectivity index (χ1) is 11.9. The maximum atomic E-state index is 12.8. The van der Waals surface area contributed by atoms with Crippen LogP contribution in [0.15, 0.2) is 11.0 Å². The smallest absolute Gasteiger partial charge is 0.359 e. The van der Waals surface area contributed by atoms with Crippen molar-refractivity contribution in [3.05, 3.63) is 16.5 Å². The average Bonchev–Trinajstić information content (AvgIpc) is 2.62. The van der Waals surface area contributed by atoms with Crippen molar-refractivity contribution in [1.82, 2.24) is 0 Å². The van der Waals surface area contributed by atoms with Crippen LogP contribution < -0.4 is 0 Å². The lowest BCUT2D eigenvalue weighted by atomic mass is 9.73. The number of fused-ring (bicyclic) bond motifs is 1. The highest BCUT2D eigenvalue weighted by Gasteiger charge is 2.46. The summed E-state index contributed by atoms with van der Waals surface area (Å²) in [6, 6.07) is 0.